The van der Waals surface area contributed by atoms with Crippen LogP contribution in [0.1, 0.15) is 22.8 Å². The molecule has 22 heavy (non-hydrogen) atoms. The summed E-state index contributed by atoms with van der Waals surface area (Å²) in [4.78, 5) is 15.9. The van der Waals surface area contributed by atoms with Crippen LogP contribution in [0.4, 0.5) is 0 Å². The van der Waals surface area contributed by atoms with Gasteiger partial charge in [0.15, 0.2) is 0 Å². The van der Waals surface area contributed by atoms with Crippen molar-refractivity contribution in [2.24, 2.45) is 0 Å². The van der Waals surface area contributed by atoms with Crippen molar-refractivity contribution >= 4 is 17.0 Å². The van der Waals surface area contributed by atoms with Gasteiger partial charge in [0.2, 0.25) is 0 Å². The van der Waals surface area contributed by atoms with E-state index >= 15 is 0 Å². The smallest absolute Gasteiger partial charge is 0.337 e. The third-order valence-corrected chi connectivity index (χ3v) is 3.36. The third kappa shape index (κ3) is 2.53. The normalized spacial score (nSPS) is 10.8. The van der Waals surface area contributed by atoms with Gasteiger partial charge in [-0.05, 0) is 30.7 Å². The van der Waals surface area contributed by atoms with E-state index in [-0.39, 0.29) is 5.56 Å². The molecule has 1 aromatic heterocycles. The molecule has 5 nitrogen and oxygen atoms in total. The van der Waals surface area contributed by atoms with Crippen molar-refractivity contribution in [3.63, 3.8) is 0 Å². The van der Waals surface area contributed by atoms with Crippen molar-refractivity contribution in [2.45, 2.75) is 13.5 Å². The summed E-state index contributed by atoms with van der Waals surface area (Å²) in [5, 5.41) is 9.43. The number of aromatic nitrogens is 2. The second-order valence-corrected chi connectivity index (χ2v) is 4.80. The predicted octanol–water partition coefficient (Wildman–Crippen LogP) is 2.98. The van der Waals surface area contributed by atoms with E-state index in [1.165, 1.54) is 0 Å². The largest absolute Gasteiger partial charge is 0.478 e. The number of carboxylic acid groups (broad SMARTS) is 1. The van der Waals surface area contributed by atoms with Crippen LogP contribution in [0.2, 0.25) is 0 Å². The van der Waals surface area contributed by atoms with Crippen LogP contribution in [0, 0.1) is 6.07 Å². The molecule has 1 N–H and O–H groups in total. The van der Waals surface area contributed by atoms with Gasteiger partial charge in [0.1, 0.15) is 0 Å². The van der Waals surface area contributed by atoms with E-state index in [1.54, 1.807) is 22.8 Å². The van der Waals surface area contributed by atoms with Crippen LogP contribution in [0.5, 0.6) is 6.01 Å². The summed E-state index contributed by atoms with van der Waals surface area (Å²) >= 11 is 0. The second-order valence-electron chi connectivity index (χ2n) is 4.80. The SMILES string of the molecule is CCOc1nc2cccc(C(=O)O)c2n1Cc1cc[c]cc1. The predicted molar refractivity (Wildman–Crippen MR) is 82.2 cm³/mol. The summed E-state index contributed by atoms with van der Waals surface area (Å²) in [6.45, 7) is 2.83. The highest BCUT2D eigenvalue weighted by Crippen LogP contribution is 2.26. The molecule has 0 saturated carbocycles. The van der Waals surface area contributed by atoms with Gasteiger partial charge in [0.05, 0.1) is 29.7 Å². The average molecular weight is 295 g/mol. The molecule has 0 atom stereocenters. The standard InChI is InChI=1S/C17H15N2O3/c1-2-22-17-18-14-10-6-9-13(16(20)21)15(14)19(17)11-12-7-4-3-5-8-12/h4-10H,2,11H2,1H3,(H,20,21). The van der Waals surface area contributed by atoms with Crippen LogP contribution in [0.3, 0.4) is 0 Å². The first-order valence-corrected chi connectivity index (χ1v) is 7.01. The van der Waals surface area contributed by atoms with Crippen LogP contribution in [0.25, 0.3) is 11.0 Å². The molecular weight excluding hydrogens is 280 g/mol. The molecule has 0 amide bonds. The molecule has 0 aliphatic rings. The summed E-state index contributed by atoms with van der Waals surface area (Å²) in [5.41, 5.74) is 2.44. The second kappa shape index (κ2) is 5.89. The molecule has 0 bridgehead atoms. The Kier molecular flexibility index (Phi) is 3.78. The molecule has 0 unspecified atom stereocenters. The van der Waals surface area contributed by atoms with Gasteiger partial charge in [-0.3, -0.25) is 4.57 Å². The Labute approximate surface area is 127 Å². The van der Waals surface area contributed by atoms with Crippen LogP contribution in [-0.2, 0) is 6.54 Å². The van der Waals surface area contributed by atoms with Gasteiger partial charge in [-0.15, -0.1) is 0 Å². The van der Waals surface area contributed by atoms with Crippen molar-refractivity contribution in [3.05, 3.63) is 59.7 Å². The summed E-state index contributed by atoms with van der Waals surface area (Å²) in [6, 6.07) is 16.0. The minimum Gasteiger partial charge on any atom is -0.478 e. The number of hydrogen-bond acceptors (Lipinski definition) is 3. The fourth-order valence-electron chi connectivity index (χ4n) is 2.43. The number of carbonyl (C=O) groups is 1. The van der Waals surface area contributed by atoms with Gasteiger partial charge in [-0.1, -0.05) is 30.3 Å². The zero-order valence-corrected chi connectivity index (χ0v) is 12.1. The molecule has 0 aliphatic heterocycles. The lowest BCUT2D eigenvalue weighted by atomic mass is 10.1. The number of aromatic carboxylic acids is 1. The van der Waals surface area contributed by atoms with E-state index in [0.29, 0.717) is 30.2 Å². The lowest BCUT2D eigenvalue weighted by molar-refractivity contribution is 0.0698. The van der Waals surface area contributed by atoms with Crippen molar-refractivity contribution in [2.75, 3.05) is 6.61 Å². The van der Waals surface area contributed by atoms with Crippen molar-refractivity contribution in [1.29, 1.82) is 0 Å². The van der Waals surface area contributed by atoms with Crippen molar-refractivity contribution in [1.82, 2.24) is 9.55 Å². The Morgan fingerprint density at radius 1 is 1.32 bits per heavy atom. The van der Waals surface area contributed by atoms with Crippen LogP contribution >= 0.6 is 0 Å². The van der Waals surface area contributed by atoms with Gasteiger partial charge in [0, 0.05) is 0 Å². The number of benzene rings is 2. The molecular formula is C17H15N2O3. The van der Waals surface area contributed by atoms with E-state index < -0.39 is 5.97 Å². The Morgan fingerprint density at radius 3 is 2.77 bits per heavy atom. The average Bonchev–Trinajstić information content (AvgIpc) is 2.86. The van der Waals surface area contributed by atoms with Crippen molar-refractivity contribution < 1.29 is 14.6 Å². The molecule has 0 fully saturated rings. The molecule has 111 valence electrons. The Bertz CT molecular complexity index is 809. The van der Waals surface area contributed by atoms with E-state index in [0.717, 1.165) is 5.56 Å². The number of para-hydroxylation sites is 1. The molecule has 1 heterocycles. The summed E-state index contributed by atoms with van der Waals surface area (Å²) < 4.78 is 7.38. The maximum atomic E-state index is 11.5. The van der Waals surface area contributed by atoms with Gasteiger partial charge in [0.25, 0.3) is 6.01 Å². The summed E-state index contributed by atoms with van der Waals surface area (Å²) in [5.74, 6) is -0.976. The number of imidazole rings is 1. The Hall–Kier alpha value is -2.82. The molecule has 0 saturated heterocycles. The molecule has 5 heteroatoms. The van der Waals surface area contributed by atoms with Gasteiger partial charge >= 0.3 is 5.97 Å². The molecule has 3 aromatic rings. The molecule has 0 aliphatic carbocycles. The number of hydrogen-bond donors (Lipinski definition) is 1. The number of nitrogens with zero attached hydrogens (tertiary/aromatic N) is 2. The minimum absolute atomic E-state index is 0.221. The van der Waals surface area contributed by atoms with Gasteiger partial charge in [-0.2, -0.15) is 4.98 Å². The number of carboxylic acids is 1. The fourth-order valence-corrected chi connectivity index (χ4v) is 2.43. The van der Waals surface area contributed by atoms with E-state index in [9.17, 15) is 9.90 Å². The van der Waals surface area contributed by atoms with Crippen LogP contribution < -0.4 is 4.74 Å². The summed E-state index contributed by atoms with van der Waals surface area (Å²) in [6.07, 6.45) is 0. The maximum Gasteiger partial charge on any atom is 0.337 e. The van der Waals surface area contributed by atoms with Gasteiger partial charge in [-0.25, -0.2) is 4.79 Å². The first kappa shape index (κ1) is 14.1. The quantitative estimate of drug-likeness (QED) is 0.786. The van der Waals surface area contributed by atoms with E-state index in [1.807, 2.05) is 31.2 Å². The monoisotopic (exact) mass is 295 g/mol. The van der Waals surface area contributed by atoms with Crippen LogP contribution in [-0.4, -0.2) is 27.2 Å². The highest BCUT2D eigenvalue weighted by atomic mass is 16.5. The number of ether oxygens (including phenoxy) is 1. The lowest BCUT2D eigenvalue weighted by Gasteiger charge is -2.10. The Morgan fingerprint density at radius 2 is 2.09 bits per heavy atom. The van der Waals surface area contributed by atoms with Gasteiger partial charge < -0.3 is 9.84 Å². The fraction of sp³-hybridized carbons (Fsp3) is 0.176. The Balaban J connectivity index is 2.20. The lowest BCUT2D eigenvalue weighted by Crippen LogP contribution is -2.07. The highest BCUT2D eigenvalue weighted by Gasteiger charge is 2.18. The minimum atomic E-state index is -0.976. The zero-order valence-electron chi connectivity index (χ0n) is 12.1. The topological polar surface area (TPSA) is 64.3 Å². The first-order chi connectivity index (χ1) is 10.7. The molecule has 2 aromatic carbocycles. The number of rotatable bonds is 5. The maximum absolute atomic E-state index is 11.5. The summed E-state index contributed by atoms with van der Waals surface area (Å²) in [7, 11) is 0. The molecule has 3 rings (SSSR count). The van der Waals surface area contributed by atoms with Crippen molar-refractivity contribution in [3.8, 4) is 6.01 Å². The molecule has 0 spiro atoms. The first-order valence-electron chi connectivity index (χ1n) is 7.01. The zero-order chi connectivity index (χ0) is 15.5. The van der Waals surface area contributed by atoms with Crippen LogP contribution in [0.15, 0.2) is 42.5 Å². The van der Waals surface area contributed by atoms with E-state index in [4.69, 9.17) is 4.74 Å². The number of fused-ring (bicyclic) bond motifs is 1. The third-order valence-electron chi connectivity index (χ3n) is 3.36. The van der Waals surface area contributed by atoms with E-state index in [2.05, 4.69) is 11.1 Å². The highest BCUT2D eigenvalue weighted by molar-refractivity contribution is 6.01. The molecule has 1 radical (unpaired) electrons.